The molecule has 0 radical (unpaired) electrons. The smallest absolute Gasteiger partial charge is 0.338 e. The molecule has 0 saturated heterocycles. The predicted molar refractivity (Wildman–Crippen MR) is 86.7 cm³/mol. The van der Waals surface area contributed by atoms with Crippen molar-refractivity contribution < 1.29 is 9.53 Å². The molecule has 0 bridgehead atoms. The van der Waals surface area contributed by atoms with Gasteiger partial charge in [-0.15, -0.1) is 0 Å². The second-order valence-electron chi connectivity index (χ2n) is 5.96. The lowest BCUT2D eigenvalue weighted by atomic mass is 9.69. The van der Waals surface area contributed by atoms with Gasteiger partial charge in [0.05, 0.1) is 0 Å². The predicted octanol–water partition coefficient (Wildman–Crippen LogP) is 4.24. The molecule has 0 N–H and O–H groups in total. The van der Waals surface area contributed by atoms with Crippen molar-refractivity contribution in [1.82, 2.24) is 0 Å². The van der Waals surface area contributed by atoms with Crippen molar-refractivity contribution in [2.24, 2.45) is 5.92 Å². The normalized spacial score (nSPS) is 24.0. The van der Waals surface area contributed by atoms with E-state index >= 15 is 0 Å². The van der Waals surface area contributed by atoms with Crippen LogP contribution in [0.4, 0.5) is 0 Å². The first kappa shape index (κ1) is 13.1. The molecular formula is C20H16O2. The summed E-state index contributed by atoms with van der Waals surface area (Å²) in [5.74, 6) is 0.481. The summed E-state index contributed by atoms with van der Waals surface area (Å²) in [6.45, 7) is 5.28. The standard InChI is InChI=1S/C20H16O2/c1-12(2)20(21)22-17-10-15-8-6-13-4-3-5-14-7-9-16(11-17)19(15)18(13)14/h3-4,6-11,19H,1,5H2,2H3. The summed E-state index contributed by atoms with van der Waals surface area (Å²) in [7, 11) is 0. The Hall–Kier alpha value is -2.61. The first-order valence-electron chi connectivity index (χ1n) is 7.44. The third kappa shape index (κ3) is 1.92. The maximum atomic E-state index is 11.7. The van der Waals surface area contributed by atoms with Crippen molar-refractivity contribution in [2.75, 3.05) is 0 Å². The molecule has 4 aliphatic rings. The molecule has 2 nitrogen and oxygen atoms in total. The van der Waals surface area contributed by atoms with Gasteiger partial charge in [0.25, 0.3) is 0 Å². The minimum absolute atomic E-state index is 0.275. The van der Waals surface area contributed by atoms with Crippen LogP contribution < -0.4 is 0 Å². The lowest BCUT2D eigenvalue weighted by molar-refractivity contribution is -0.134. The quantitative estimate of drug-likeness (QED) is 0.561. The Bertz CT molecular complexity index is 820. The number of carbonyl (C=O) groups is 1. The highest BCUT2D eigenvalue weighted by atomic mass is 16.5. The van der Waals surface area contributed by atoms with Gasteiger partial charge in [0, 0.05) is 11.5 Å². The van der Waals surface area contributed by atoms with E-state index < -0.39 is 0 Å². The molecule has 4 aliphatic carbocycles. The molecule has 0 aromatic heterocycles. The summed E-state index contributed by atoms with van der Waals surface area (Å²) in [6.07, 6.45) is 17.9. The second-order valence-corrected chi connectivity index (χ2v) is 5.96. The maximum absolute atomic E-state index is 11.7. The fraction of sp³-hybridized carbons (Fsp3) is 0.150. The zero-order valence-corrected chi connectivity index (χ0v) is 12.4. The Morgan fingerprint density at radius 3 is 2.86 bits per heavy atom. The highest BCUT2D eigenvalue weighted by Gasteiger charge is 2.33. The molecule has 0 aliphatic heterocycles. The number of allylic oxidation sites excluding steroid dienone is 13. The van der Waals surface area contributed by atoms with Crippen molar-refractivity contribution in [3.05, 3.63) is 94.4 Å². The van der Waals surface area contributed by atoms with Crippen LogP contribution in [0.1, 0.15) is 13.3 Å². The fourth-order valence-corrected chi connectivity index (χ4v) is 3.34. The molecular weight excluding hydrogens is 272 g/mol. The van der Waals surface area contributed by atoms with Gasteiger partial charge in [-0.25, -0.2) is 4.79 Å². The summed E-state index contributed by atoms with van der Waals surface area (Å²) in [5.41, 5.74) is 6.84. The van der Waals surface area contributed by atoms with Crippen LogP contribution in [0.15, 0.2) is 94.4 Å². The number of rotatable bonds is 2. The van der Waals surface area contributed by atoms with Gasteiger partial charge < -0.3 is 4.74 Å². The molecule has 0 heterocycles. The van der Waals surface area contributed by atoms with Crippen LogP contribution >= 0.6 is 0 Å². The minimum Gasteiger partial charge on any atom is -0.423 e. The molecule has 1 atom stereocenters. The second kappa shape index (κ2) is 4.70. The summed E-state index contributed by atoms with van der Waals surface area (Å²) in [4.78, 5) is 11.7. The number of esters is 1. The summed E-state index contributed by atoms with van der Waals surface area (Å²) in [5, 5.41) is 0. The van der Waals surface area contributed by atoms with Crippen LogP contribution in [0.25, 0.3) is 0 Å². The first-order chi connectivity index (χ1) is 10.6. The van der Waals surface area contributed by atoms with Crippen molar-refractivity contribution in [2.45, 2.75) is 13.3 Å². The number of hydrogen-bond acceptors (Lipinski definition) is 2. The van der Waals surface area contributed by atoms with Gasteiger partial charge in [0.1, 0.15) is 5.76 Å². The molecule has 108 valence electrons. The molecule has 0 amide bonds. The maximum Gasteiger partial charge on any atom is 0.338 e. The Morgan fingerprint density at radius 1 is 1.18 bits per heavy atom. The molecule has 22 heavy (non-hydrogen) atoms. The van der Waals surface area contributed by atoms with E-state index in [1.807, 2.05) is 12.2 Å². The monoisotopic (exact) mass is 288 g/mol. The molecule has 0 spiro atoms. The third-order valence-corrected chi connectivity index (χ3v) is 4.36. The van der Waals surface area contributed by atoms with Crippen molar-refractivity contribution in [1.29, 1.82) is 0 Å². The van der Waals surface area contributed by atoms with Crippen LogP contribution in [0.2, 0.25) is 0 Å². The number of carbonyl (C=O) groups excluding carboxylic acids is 1. The lowest BCUT2D eigenvalue weighted by Crippen LogP contribution is -2.22. The Morgan fingerprint density at radius 2 is 2.05 bits per heavy atom. The van der Waals surface area contributed by atoms with E-state index in [0.29, 0.717) is 11.3 Å². The van der Waals surface area contributed by atoms with Crippen LogP contribution in [-0.2, 0) is 9.53 Å². The fourth-order valence-electron chi connectivity index (χ4n) is 3.34. The largest absolute Gasteiger partial charge is 0.423 e. The zero-order valence-electron chi connectivity index (χ0n) is 12.4. The molecule has 4 rings (SSSR count). The molecule has 0 fully saturated rings. The average Bonchev–Trinajstić information content (AvgIpc) is 2.52. The Labute approximate surface area is 129 Å². The van der Waals surface area contributed by atoms with Gasteiger partial charge in [-0.1, -0.05) is 43.0 Å². The lowest BCUT2D eigenvalue weighted by Gasteiger charge is -2.35. The summed E-state index contributed by atoms with van der Waals surface area (Å²) >= 11 is 0. The minimum atomic E-state index is -0.380. The van der Waals surface area contributed by atoms with E-state index in [0.717, 1.165) is 6.42 Å². The van der Waals surface area contributed by atoms with Gasteiger partial charge in [-0.05, 0) is 53.4 Å². The Balaban J connectivity index is 1.77. The van der Waals surface area contributed by atoms with E-state index in [1.54, 1.807) is 6.92 Å². The van der Waals surface area contributed by atoms with Gasteiger partial charge in [-0.2, -0.15) is 0 Å². The van der Waals surface area contributed by atoms with Crippen LogP contribution in [0, 0.1) is 5.92 Å². The topological polar surface area (TPSA) is 26.3 Å². The van der Waals surface area contributed by atoms with Crippen LogP contribution in [0.3, 0.4) is 0 Å². The van der Waals surface area contributed by atoms with E-state index in [1.165, 1.54) is 27.9 Å². The van der Waals surface area contributed by atoms with E-state index in [9.17, 15) is 4.79 Å². The van der Waals surface area contributed by atoms with Crippen molar-refractivity contribution >= 4 is 5.97 Å². The highest BCUT2D eigenvalue weighted by Crippen LogP contribution is 2.47. The zero-order chi connectivity index (χ0) is 15.3. The van der Waals surface area contributed by atoms with Crippen molar-refractivity contribution in [3.63, 3.8) is 0 Å². The SMILES string of the molecule is C=C(C)C(=O)OC1=CC2=CC=C3CC=CC4=C3C2C(=C1)C=C4. The van der Waals surface area contributed by atoms with Gasteiger partial charge >= 0.3 is 5.97 Å². The molecule has 0 saturated carbocycles. The number of hydrogen-bond donors (Lipinski definition) is 0. The highest BCUT2D eigenvalue weighted by molar-refractivity contribution is 5.88. The van der Waals surface area contributed by atoms with Gasteiger partial charge in [-0.3, -0.25) is 0 Å². The average molecular weight is 288 g/mol. The van der Waals surface area contributed by atoms with Gasteiger partial charge in [0.15, 0.2) is 0 Å². The first-order valence-corrected chi connectivity index (χ1v) is 7.44. The molecule has 0 aromatic carbocycles. The third-order valence-electron chi connectivity index (χ3n) is 4.36. The molecule has 1 unspecified atom stereocenters. The van der Waals surface area contributed by atoms with Crippen LogP contribution in [-0.4, -0.2) is 5.97 Å². The summed E-state index contributed by atoms with van der Waals surface area (Å²) < 4.78 is 5.41. The van der Waals surface area contributed by atoms with E-state index in [4.69, 9.17) is 4.74 Å². The summed E-state index contributed by atoms with van der Waals surface area (Å²) in [6, 6.07) is 0. The number of ether oxygens (including phenoxy) is 1. The Kier molecular flexibility index (Phi) is 2.80. The van der Waals surface area contributed by atoms with Gasteiger partial charge in [0.2, 0.25) is 0 Å². The van der Waals surface area contributed by atoms with E-state index in [2.05, 4.69) is 43.0 Å². The van der Waals surface area contributed by atoms with Crippen molar-refractivity contribution in [3.8, 4) is 0 Å². The molecule has 0 aromatic rings. The molecule has 2 heteroatoms. The van der Waals surface area contributed by atoms with E-state index in [-0.39, 0.29) is 11.9 Å². The van der Waals surface area contributed by atoms with Crippen LogP contribution in [0.5, 0.6) is 0 Å².